The summed E-state index contributed by atoms with van der Waals surface area (Å²) < 4.78 is 0. The van der Waals surface area contributed by atoms with Gasteiger partial charge in [-0.2, -0.15) is 0 Å². The van der Waals surface area contributed by atoms with E-state index >= 15 is 0 Å². The second-order valence-electron chi connectivity index (χ2n) is 6.38. The van der Waals surface area contributed by atoms with E-state index in [4.69, 9.17) is 0 Å². The average molecular weight is 302 g/mol. The summed E-state index contributed by atoms with van der Waals surface area (Å²) >= 11 is 0. The van der Waals surface area contributed by atoms with Crippen LogP contribution in [-0.4, -0.2) is 10.2 Å². The Balaban J connectivity index is 2.20. The molecule has 0 bridgehead atoms. The van der Waals surface area contributed by atoms with Gasteiger partial charge in [-0.1, -0.05) is 50.2 Å². The van der Waals surface area contributed by atoms with Gasteiger partial charge in [0.1, 0.15) is 11.5 Å². The van der Waals surface area contributed by atoms with Crippen LogP contribution in [0.25, 0.3) is 32.3 Å². The molecule has 0 aliphatic rings. The van der Waals surface area contributed by atoms with Gasteiger partial charge in [0.15, 0.2) is 0 Å². The van der Waals surface area contributed by atoms with Crippen LogP contribution in [-0.2, 0) is 0 Å². The Morgan fingerprint density at radius 2 is 1.22 bits per heavy atom. The molecule has 2 nitrogen and oxygen atoms in total. The summed E-state index contributed by atoms with van der Waals surface area (Å²) in [6.45, 7) is 4.19. The zero-order valence-corrected chi connectivity index (χ0v) is 13.2. The van der Waals surface area contributed by atoms with E-state index in [1.165, 1.54) is 0 Å². The zero-order chi connectivity index (χ0) is 16.1. The topological polar surface area (TPSA) is 40.5 Å². The van der Waals surface area contributed by atoms with Crippen molar-refractivity contribution in [3.05, 3.63) is 60.2 Å². The molecule has 0 fully saturated rings. The molecule has 0 amide bonds. The number of fused-ring (bicyclic) bond motifs is 5. The molecule has 0 aliphatic heterocycles. The van der Waals surface area contributed by atoms with Crippen molar-refractivity contribution in [3.63, 3.8) is 0 Å². The minimum absolute atomic E-state index is 0.251. The molecular weight excluding hydrogens is 284 g/mol. The van der Waals surface area contributed by atoms with E-state index in [1.54, 1.807) is 12.1 Å². The fraction of sp³-hybridized carbons (Fsp3) is 0.143. The Labute approximate surface area is 134 Å². The lowest BCUT2D eigenvalue weighted by molar-refractivity contribution is 0.466. The molecule has 0 saturated heterocycles. The predicted molar refractivity (Wildman–Crippen MR) is 96.4 cm³/mol. The second-order valence-corrected chi connectivity index (χ2v) is 6.38. The van der Waals surface area contributed by atoms with Gasteiger partial charge in [-0.05, 0) is 56.4 Å². The SMILES string of the molecule is CC(C)c1c(O)ccc2c1ccc1c3cc(O)ccc3ccc21. The standard InChI is InChI=1S/C21H18O2/c1-12(2)21-18-8-7-17-15(16(18)9-10-20(21)23)6-4-13-3-5-14(22)11-19(13)17/h3-12,22-23H,1-2H3. The number of phenolic OH excluding ortho intramolecular Hbond substituents is 2. The van der Waals surface area contributed by atoms with Gasteiger partial charge in [-0.15, -0.1) is 0 Å². The smallest absolute Gasteiger partial charge is 0.119 e. The third-order valence-corrected chi connectivity index (χ3v) is 4.60. The maximum atomic E-state index is 10.2. The molecule has 4 rings (SSSR count). The number of hydrogen-bond donors (Lipinski definition) is 2. The van der Waals surface area contributed by atoms with Crippen molar-refractivity contribution < 1.29 is 10.2 Å². The molecule has 2 N–H and O–H groups in total. The Kier molecular flexibility index (Phi) is 2.95. The number of benzene rings is 4. The quantitative estimate of drug-likeness (QED) is 0.444. The monoisotopic (exact) mass is 302 g/mol. The van der Waals surface area contributed by atoms with Crippen LogP contribution in [0.2, 0.25) is 0 Å². The fourth-order valence-corrected chi connectivity index (χ4v) is 3.56. The summed E-state index contributed by atoms with van der Waals surface area (Å²) in [4.78, 5) is 0. The van der Waals surface area contributed by atoms with Gasteiger partial charge >= 0.3 is 0 Å². The molecule has 4 aromatic carbocycles. The highest BCUT2D eigenvalue weighted by atomic mass is 16.3. The maximum Gasteiger partial charge on any atom is 0.119 e. The Morgan fingerprint density at radius 1 is 0.652 bits per heavy atom. The van der Waals surface area contributed by atoms with Crippen molar-refractivity contribution in [2.24, 2.45) is 0 Å². The van der Waals surface area contributed by atoms with Crippen LogP contribution < -0.4 is 0 Å². The van der Waals surface area contributed by atoms with E-state index < -0.39 is 0 Å². The molecule has 2 heteroatoms. The molecule has 0 spiro atoms. The van der Waals surface area contributed by atoms with Gasteiger partial charge in [-0.25, -0.2) is 0 Å². The van der Waals surface area contributed by atoms with E-state index in [9.17, 15) is 10.2 Å². The molecular formula is C21H18O2. The van der Waals surface area contributed by atoms with E-state index in [2.05, 4.69) is 38.1 Å². The highest BCUT2D eigenvalue weighted by molar-refractivity contribution is 6.18. The van der Waals surface area contributed by atoms with Crippen molar-refractivity contribution in [3.8, 4) is 11.5 Å². The summed E-state index contributed by atoms with van der Waals surface area (Å²) in [6, 6.07) is 17.6. The number of phenols is 2. The lowest BCUT2D eigenvalue weighted by Crippen LogP contribution is -1.91. The van der Waals surface area contributed by atoms with Crippen LogP contribution in [0.3, 0.4) is 0 Å². The largest absolute Gasteiger partial charge is 0.508 e. The van der Waals surface area contributed by atoms with Crippen molar-refractivity contribution >= 4 is 32.3 Å². The van der Waals surface area contributed by atoms with Crippen LogP contribution in [0.5, 0.6) is 11.5 Å². The van der Waals surface area contributed by atoms with Crippen molar-refractivity contribution in [2.45, 2.75) is 19.8 Å². The highest BCUT2D eigenvalue weighted by Crippen LogP contribution is 2.38. The van der Waals surface area contributed by atoms with Gasteiger partial charge in [0.2, 0.25) is 0 Å². The molecule has 0 unspecified atom stereocenters. The minimum atomic E-state index is 0.251. The fourth-order valence-electron chi connectivity index (χ4n) is 3.56. The van der Waals surface area contributed by atoms with E-state index in [0.29, 0.717) is 5.75 Å². The molecule has 0 radical (unpaired) electrons. The lowest BCUT2D eigenvalue weighted by atomic mass is 9.91. The number of aromatic hydroxyl groups is 2. The van der Waals surface area contributed by atoms with Crippen LogP contribution in [0.1, 0.15) is 25.3 Å². The molecule has 0 saturated carbocycles. The van der Waals surface area contributed by atoms with Gasteiger partial charge in [0, 0.05) is 5.56 Å². The second kappa shape index (κ2) is 4.88. The average Bonchev–Trinajstić information content (AvgIpc) is 2.53. The predicted octanol–water partition coefficient (Wildman–Crippen LogP) is 5.68. The van der Waals surface area contributed by atoms with E-state index in [1.807, 2.05) is 18.2 Å². The normalized spacial score (nSPS) is 11.8. The first-order valence-corrected chi connectivity index (χ1v) is 7.86. The van der Waals surface area contributed by atoms with Crippen LogP contribution >= 0.6 is 0 Å². The van der Waals surface area contributed by atoms with Crippen molar-refractivity contribution in [1.82, 2.24) is 0 Å². The Morgan fingerprint density at radius 3 is 2.00 bits per heavy atom. The van der Waals surface area contributed by atoms with Crippen LogP contribution in [0.15, 0.2) is 54.6 Å². The lowest BCUT2D eigenvalue weighted by Gasteiger charge is -2.15. The van der Waals surface area contributed by atoms with Gasteiger partial charge in [0.25, 0.3) is 0 Å². The molecule has 114 valence electrons. The summed E-state index contributed by atoms with van der Waals surface area (Å²) in [5.74, 6) is 0.879. The molecule has 0 aliphatic carbocycles. The minimum Gasteiger partial charge on any atom is -0.508 e. The summed E-state index contributed by atoms with van der Waals surface area (Å²) in [5.41, 5.74) is 0.986. The first kappa shape index (κ1) is 13.9. The van der Waals surface area contributed by atoms with E-state index in [0.717, 1.165) is 37.9 Å². The van der Waals surface area contributed by atoms with Gasteiger partial charge in [-0.3, -0.25) is 0 Å². The number of hydrogen-bond acceptors (Lipinski definition) is 2. The summed E-state index contributed by atoms with van der Waals surface area (Å²) in [6.07, 6.45) is 0. The molecule has 0 heterocycles. The third kappa shape index (κ3) is 2.02. The first-order valence-electron chi connectivity index (χ1n) is 7.86. The molecule has 23 heavy (non-hydrogen) atoms. The Bertz CT molecular complexity index is 1060. The Hall–Kier alpha value is -2.74. The molecule has 0 atom stereocenters. The first-order chi connectivity index (χ1) is 11.1. The summed E-state index contributed by atoms with van der Waals surface area (Å²) in [7, 11) is 0. The molecule has 4 aromatic rings. The third-order valence-electron chi connectivity index (χ3n) is 4.60. The maximum absolute atomic E-state index is 10.2. The van der Waals surface area contributed by atoms with Crippen molar-refractivity contribution in [1.29, 1.82) is 0 Å². The van der Waals surface area contributed by atoms with Crippen molar-refractivity contribution in [2.75, 3.05) is 0 Å². The summed E-state index contributed by atoms with van der Waals surface area (Å²) in [5, 5.41) is 26.7. The number of rotatable bonds is 1. The van der Waals surface area contributed by atoms with Gasteiger partial charge in [0.05, 0.1) is 0 Å². The van der Waals surface area contributed by atoms with Gasteiger partial charge < -0.3 is 10.2 Å². The van der Waals surface area contributed by atoms with Crippen LogP contribution in [0, 0.1) is 0 Å². The zero-order valence-electron chi connectivity index (χ0n) is 13.2. The van der Waals surface area contributed by atoms with Crippen LogP contribution in [0.4, 0.5) is 0 Å². The van der Waals surface area contributed by atoms with E-state index in [-0.39, 0.29) is 11.7 Å². The molecule has 0 aromatic heterocycles. The highest BCUT2D eigenvalue weighted by Gasteiger charge is 2.13.